The van der Waals surface area contributed by atoms with Gasteiger partial charge in [-0.15, -0.1) is 11.3 Å². The van der Waals surface area contributed by atoms with E-state index in [9.17, 15) is 9.18 Å². The molecule has 3 aromatic rings. The highest BCUT2D eigenvalue weighted by Gasteiger charge is 2.23. The maximum atomic E-state index is 13.1. The fourth-order valence-corrected chi connectivity index (χ4v) is 3.49. The summed E-state index contributed by atoms with van der Waals surface area (Å²) in [5.74, 6) is -0.636. The third-order valence-corrected chi connectivity index (χ3v) is 4.60. The predicted molar refractivity (Wildman–Crippen MR) is 92.7 cm³/mol. The summed E-state index contributed by atoms with van der Waals surface area (Å²) < 4.78 is 18.2. The van der Waals surface area contributed by atoms with Crippen LogP contribution in [0.1, 0.15) is 28.7 Å². The fraction of sp³-hybridized carbons (Fsp3) is 0.222. The van der Waals surface area contributed by atoms with E-state index in [0.717, 1.165) is 27.5 Å². The molecule has 0 radical (unpaired) electrons. The van der Waals surface area contributed by atoms with E-state index in [1.54, 1.807) is 19.1 Å². The molecule has 0 saturated heterocycles. The van der Waals surface area contributed by atoms with Crippen LogP contribution in [0, 0.1) is 19.7 Å². The summed E-state index contributed by atoms with van der Waals surface area (Å²) in [5, 5.41) is 2.68. The van der Waals surface area contributed by atoms with E-state index in [0.29, 0.717) is 17.9 Å². The van der Waals surface area contributed by atoms with E-state index in [1.807, 2.05) is 19.2 Å². The first-order chi connectivity index (χ1) is 11.5. The van der Waals surface area contributed by atoms with Crippen LogP contribution in [0.5, 0.6) is 0 Å². The molecular weight excluding hydrogens is 327 g/mol. The molecule has 0 aliphatic heterocycles. The zero-order valence-corrected chi connectivity index (χ0v) is 14.5. The first-order valence-electron chi connectivity index (χ1n) is 7.59. The quantitative estimate of drug-likeness (QED) is 0.696. The number of benzene rings is 1. The number of esters is 1. The zero-order chi connectivity index (χ0) is 17.3. The molecule has 1 N–H and O–H groups in total. The van der Waals surface area contributed by atoms with Crippen molar-refractivity contribution in [1.82, 2.24) is 9.97 Å². The lowest BCUT2D eigenvalue weighted by molar-refractivity contribution is 0.0526. The van der Waals surface area contributed by atoms with Crippen LogP contribution < -0.4 is 0 Å². The van der Waals surface area contributed by atoms with Crippen molar-refractivity contribution in [3.05, 3.63) is 52.4 Å². The molecule has 3 rings (SSSR count). The first kappa shape index (κ1) is 16.4. The van der Waals surface area contributed by atoms with Crippen LogP contribution in [0.3, 0.4) is 0 Å². The smallest absolute Gasteiger partial charge is 0.340 e. The number of H-pyrrole nitrogens is 1. The summed E-state index contributed by atoms with van der Waals surface area (Å²) >= 11 is 1.46. The van der Waals surface area contributed by atoms with Gasteiger partial charge in [0.2, 0.25) is 0 Å². The van der Waals surface area contributed by atoms with E-state index in [4.69, 9.17) is 4.74 Å². The third kappa shape index (κ3) is 2.97. The second kappa shape index (κ2) is 6.57. The Bertz CT molecular complexity index is 881. The Morgan fingerprint density at radius 2 is 1.96 bits per heavy atom. The average Bonchev–Trinajstić information content (AvgIpc) is 3.12. The van der Waals surface area contributed by atoms with Crippen LogP contribution in [0.25, 0.3) is 21.8 Å². The van der Waals surface area contributed by atoms with Crippen molar-refractivity contribution in [1.29, 1.82) is 0 Å². The second-order valence-electron chi connectivity index (χ2n) is 5.39. The number of aromatic nitrogens is 2. The Labute approximate surface area is 143 Å². The van der Waals surface area contributed by atoms with E-state index in [1.165, 1.54) is 23.5 Å². The van der Waals surface area contributed by atoms with Crippen LogP contribution in [0.4, 0.5) is 4.39 Å². The number of hydrogen-bond donors (Lipinski definition) is 1. The standard InChI is InChI=1S/C18H17FN2O2S/c1-4-23-18(22)16-11(3)20-10(2)15(16)14-9-24-17(21-14)12-5-7-13(19)8-6-12/h5-9,20H,4H2,1-3H3. The maximum Gasteiger partial charge on any atom is 0.340 e. The van der Waals surface area contributed by atoms with Gasteiger partial charge in [0.25, 0.3) is 0 Å². The van der Waals surface area contributed by atoms with Gasteiger partial charge in [-0.2, -0.15) is 0 Å². The highest BCUT2D eigenvalue weighted by Crippen LogP contribution is 2.34. The number of aromatic amines is 1. The molecular formula is C18H17FN2O2S. The summed E-state index contributed by atoms with van der Waals surface area (Å²) in [6, 6.07) is 6.21. The summed E-state index contributed by atoms with van der Waals surface area (Å²) in [6.07, 6.45) is 0. The summed E-state index contributed by atoms with van der Waals surface area (Å²) in [5.41, 5.74) is 4.46. The predicted octanol–water partition coefficient (Wildman–Crippen LogP) is 4.74. The first-order valence-corrected chi connectivity index (χ1v) is 8.47. The number of carbonyl (C=O) groups excluding carboxylic acids is 1. The Balaban J connectivity index is 2.04. The molecule has 0 aliphatic carbocycles. The van der Waals surface area contributed by atoms with Crippen molar-refractivity contribution >= 4 is 17.3 Å². The van der Waals surface area contributed by atoms with Gasteiger partial charge in [0, 0.05) is 27.9 Å². The van der Waals surface area contributed by atoms with Gasteiger partial charge in [-0.25, -0.2) is 14.2 Å². The molecule has 6 heteroatoms. The van der Waals surface area contributed by atoms with E-state index >= 15 is 0 Å². The number of carbonyl (C=O) groups is 1. The number of nitrogens with zero attached hydrogens (tertiary/aromatic N) is 1. The topological polar surface area (TPSA) is 55.0 Å². The minimum atomic E-state index is -0.356. The zero-order valence-electron chi connectivity index (χ0n) is 13.6. The van der Waals surface area contributed by atoms with Gasteiger partial charge in [0.1, 0.15) is 10.8 Å². The van der Waals surface area contributed by atoms with Crippen molar-refractivity contribution < 1.29 is 13.9 Å². The monoisotopic (exact) mass is 344 g/mol. The van der Waals surface area contributed by atoms with Gasteiger partial charge in [-0.05, 0) is 45.0 Å². The Kier molecular flexibility index (Phi) is 4.49. The van der Waals surface area contributed by atoms with Crippen LogP contribution in [0.2, 0.25) is 0 Å². The van der Waals surface area contributed by atoms with Gasteiger partial charge >= 0.3 is 5.97 Å². The molecule has 2 heterocycles. The number of hydrogen-bond acceptors (Lipinski definition) is 4. The second-order valence-corrected chi connectivity index (χ2v) is 6.25. The SMILES string of the molecule is CCOC(=O)c1c(C)[nH]c(C)c1-c1csc(-c2ccc(F)cc2)n1. The molecule has 4 nitrogen and oxygen atoms in total. The summed E-state index contributed by atoms with van der Waals surface area (Å²) in [4.78, 5) is 20.1. The molecule has 0 unspecified atom stereocenters. The maximum absolute atomic E-state index is 13.1. The van der Waals surface area contributed by atoms with Gasteiger partial charge in [0.05, 0.1) is 17.9 Å². The average molecular weight is 344 g/mol. The molecule has 0 saturated carbocycles. The highest BCUT2D eigenvalue weighted by atomic mass is 32.1. The Morgan fingerprint density at radius 3 is 2.62 bits per heavy atom. The molecule has 0 spiro atoms. The molecule has 0 bridgehead atoms. The lowest BCUT2D eigenvalue weighted by Crippen LogP contribution is -2.06. The fourth-order valence-electron chi connectivity index (χ4n) is 2.67. The van der Waals surface area contributed by atoms with Crippen LogP contribution in [-0.2, 0) is 4.74 Å². The number of thiazole rings is 1. The largest absolute Gasteiger partial charge is 0.462 e. The number of aryl methyl sites for hydroxylation is 2. The minimum absolute atomic E-state index is 0.280. The number of ether oxygens (including phenoxy) is 1. The number of halogens is 1. The Hall–Kier alpha value is -2.47. The lowest BCUT2D eigenvalue weighted by Gasteiger charge is -2.04. The van der Waals surface area contributed by atoms with Crippen molar-refractivity contribution in [3.63, 3.8) is 0 Å². The molecule has 1 aromatic carbocycles. The van der Waals surface area contributed by atoms with Crippen LogP contribution in [0.15, 0.2) is 29.6 Å². The molecule has 124 valence electrons. The highest BCUT2D eigenvalue weighted by molar-refractivity contribution is 7.13. The van der Waals surface area contributed by atoms with Gasteiger partial charge in [0.15, 0.2) is 0 Å². The third-order valence-electron chi connectivity index (χ3n) is 3.71. The lowest BCUT2D eigenvalue weighted by atomic mass is 10.1. The molecule has 0 fully saturated rings. The molecule has 0 atom stereocenters. The van der Waals surface area contributed by atoms with Gasteiger partial charge in [-0.3, -0.25) is 0 Å². The number of nitrogens with one attached hydrogen (secondary N) is 1. The molecule has 24 heavy (non-hydrogen) atoms. The van der Waals surface area contributed by atoms with Crippen molar-refractivity contribution in [2.24, 2.45) is 0 Å². The van der Waals surface area contributed by atoms with Crippen molar-refractivity contribution in [2.75, 3.05) is 6.61 Å². The van der Waals surface area contributed by atoms with E-state index in [-0.39, 0.29) is 11.8 Å². The summed E-state index contributed by atoms with van der Waals surface area (Å²) in [6.45, 7) is 5.85. The molecule has 0 amide bonds. The van der Waals surface area contributed by atoms with Crippen LogP contribution in [-0.4, -0.2) is 22.5 Å². The Morgan fingerprint density at radius 1 is 1.25 bits per heavy atom. The number of rotatable bonds is 4. The molecule has 2 aromatic heterocycles. The minimum Gasteiger partial charge on any atom is -0.462 e. The normalized spacial score (nSPS) is 10.8. The van der Waals surface area contributed by atoms with Crippen molar-refractivity contribution in [3.8, 4) is 21.8 Å². The van der Waals surface area contributed by atoms with E-state index < -0.39 is 0 Å². The van der Waals surface area contributed by atoms with Gasteiger partial charge in [-0.1, -0.05) is 0 Å². The van der Waals surface area contributed by atoms with Crippen molar-refractivity contribution in [2.45, 2.75) is 20.8 Å². The van der Waals surface area contributed by atoms with Crippen LogP contribution >= 0.6 is 11.3 Å². The summed E-state index contributed by atoms with van der Waals surface area (Å²) in [7, 11) is 0. The molecule has 0 aliphatic rings. The van der Waals surface area contributed by atoms with E-state index in [2.05, 4.69) is 9.97 Å². The van der Waals surface area contributed by atoms with Gasteiger partial charge < -0.3 is 9.72 Å².